The minimum Gasteiger partial charge on any atom is -0.481 e. The monoisotopic (exact) mass is 538 g/mol. The molecule has 0 radical (unpaired) electrons. The molecule has 0 spiro atoms. The number of hydrogen-bond donors (Lipinski definition) is 1. The van der Waals surface area contributed by atoms with Gasteiger partial charge in [0.1, 0.15) is 5.60 Å². The van der Waals surface area contributed by atoms with Crippen LogP contribution in [0.1, 0.15) is 33.6 Å². The van der Waals surface area contributed by atoms with Gasteiger partial charge in [-0.2, -0.15) is 13.2 Å². The molecule has 0 bridgehead atoms. The van der Waals surface area contributed by atoms with Crippen LogP contribution >= 0.6 is 0 Å². The summed E-state index contributed by atoms with van der Waals surface area (Å²) in [6.07, 6.45) is -5.39. The molecule has 0 heterocycles. The first-order chi connectivity index (χ1) is 16.8. The second-order valence-corrected chi connectivity index (χ2v) is 7.57. The van der Waals surface area contributed by atoms with Crippen LogP contribution in [-0.4, -0.2) is 115 Å². The van der Waals surface area contributed by atoms with Gasteiger partial charge in [-0.15, -0.1) is 0 Å². The Morgan fingerprint density at radius 3 is 1.33 bits per heavy atom. The number of alkyl halides is 3. The summed E-state index contributed by atoms with van der Waals surface area (Å²) in [5.41, 5.74) is -0.430. The summed E-state index contributed by atoms with van der Waals surface area (Å²) in [6, 6.07) is 0. The van der Waals surface area contributed by atoms with Crippen molar-refractivity contribution in [3.8, 4) is 0 Å². The first-order valence-corrected chi connectivity index (χ1v) is 11.0. The van der Waals surface area contributed by atoms with E-state index in [0.29, 0.717) is 59.5 Å². The lowest BCUT2D eigenvalue weighted by Gasteiger charge is -2.19. The number of carbonyl (C=O) groups excluding carboxylic acids is 2. The van der Waals surface area contributed by atoms with Gasteiger partial charge in [-0.1, -0.05) is 0 Å². The van der Waals surface area contributed by atoms with Crippen molar-refractivity contribution in [2.45, 2.75) is 45.4 Å². The molecular formula is C22H41F3O11. The molecule has 1 N–H and O–H groups in total. The molecule has 216 valence electrons. The summed E-state index contributed by atoms with van der Waals surface area (Å²) in [6.45, 7) is 10.3. The van der Waals surface area contributed by atoms with Gasteiger partial charge in [0.15, 0.2) is 0 Å². The average Bonchev–Trinajstić information content (AvgIpc) is 2.76. The lowest BCUT2D eigenvalue weighted by molar-refractivity contribution is -0.156. The predicted molar refractivity (Wildman–Crippen MR) is 122 cm³/mol. The first kappa shape index (κ1) is 38.7. The molecule has 36 heavy (non-hydrogen) atoms. The SMILES string of the molecule is COCCOCCOCCC(=O)O.COCCOCCOCCC(=O)OC(C)(C)C.O=CC(F)(F)F. The second kappa shape index (κ2) is 26.2. The molecule has 0 atom stereocenters. The summed E-state index contributed by atoms with van der Waals surface area (Å²) in [5.74, 6) is -1.09. The van der Waals surface area contributed by atoms with Crippen molar-refractivity contribution in [1.82, 2.24) is 0 Å². The zero-order chi connectivity index (χ0) is 28.3. The van der Waals surface area contributed by atoms with Gasteiger partial charge in [0.25, 0.3) is 0 Å². The Kier molecular flexibility index (Phi) is 28.2. The van der Waals surface area contributed by atoms with E-state index in [1.807, 2.05) is 20.8 Å². The van der Waals surface area contributed by atoms with Crippen LogP contribution in [0.25, 0.3) is 0 Å². The maximum atomic E-state index is 11.3. The lowest BCUT2D eigenvalue weighted by atomic mass is 10.2. The zero-order valence-electron chi connectivity index (χ0n) is 21.7. The highest BCUT2D eigenvalue weighted by molar-refractivity contribution is 5.69. The number of esters is 1. The van der Waals surface area contributed by atoms with Crippen LogP contribution < -0.4 is 0 Å². The predicted octanol–water partition coefficient (Wildman–Crippen LogP) is 2.29. The van der Waals surface area contributed by atoms with Gasteiger partial charge < -0.3 is 38.3 Å². The first-order valence-electron chi connectivity index (χ1n) is 11.0. The van der Waals surface area contributed by atoms with Gasteiger partial charge in [0.2, 0.25) is 6.29 Å². The van der Waals surface area contributed by atoms with Crippen LogP contribution in [-0.2, 0) is 47.5 Å². The van der Waals surface area contributed by atoms with E-state index in [0.717, 1.165) is 0 Å². The number of hydrogen-bond acceptors (Lipinski definition) is 10. The number of methoxy groups -OCH3 is 2. The van der Waals surface area contributed by atoms with Crippen molar-refractivity contribution < 1.29 is 65.8 Å². The highest BCUT2D eigenvalue weighted by Crippen LogP contribution is 2.08. The van der Waals surface area contributed by atoms with E-state index in [1.54, 1.807) is 14.2 Å². The van der Waals surface area contributed by atoms with E-state index < -0.39 is 24.0 Å². The van der Waals surface area contributed by atoms with Crippen LogP contribution in [0.2, 0.25) is 0 Å². The molecule has 0 aromatic heterocycles. The van der Waals surface area contributed by atoms with Crippen LogP contribution in [0.3, 0.4) is 0 Å². The van der Waals surface area contributed by atoms with Gasteiger partial charge in [0, 0.05) is 14.2 Å². The van der Waals surface area contributed by atoms with E-state index >= 15 is 0 Å². The molecule has 0 amide bonds. The van der Waals surface area contributed by atoms with Crippen LogP contribution in [0.5, 0.6) is 0 Å². The molecule has 0 aliphatic carbocycles. The maximum Gasteiger partial charge on any atom is 0.446 e. The molecular weight excluding hydrogens is 497 g/mol. The highest BCUT2D eigenvalue weighted by Gasteiger charge is 2.24. The summed E-state index contributed by atoms with van der Waals surface area (Å²) in [7, 11) is 3.23. The molecule has 0 saturated carbocycles. The smallest absolute Gasteiger partial charge is 0.446 e. The Morgan fingerprint density at radius 1 is 0.694 bits per heavy atom. The number of rotatable bonds is 18. The maximum absolute atomic E-state index is 11.3. The Balaban J connectivity index is -0.000000505. The molecule has 0 saturated heterocycles. The largest absolute Gasteiger partial charge is 0.481 e. The summed E-state index contributed by atoms with van der Waals surface area (Å²) >= 11 is 0. The third-order valence-electron chi connectivity index (χ3n) is 3.07. The van der Waals surface area contributed by atoms with Crippen molar-refractivity contribution in [2.24, 2.45) is 0 Å². The number of aldehydes is 1. The van der Waals surface area contributed by atoms with Crippen molar-refractivity contribution in [3.63, 3.8) is 0 Å². The van der Waals surface area contributed by atoms with E-state index in [1.165, 1.54) is 0 Å². The molecule has 0 aliphatic rings. The number of ether oxygens (including phenoxy) is 7. The highest BCUT2D eigenvalue weighted by atomic mass is 19.4. The summed E-state index contributed by atoms with van der Waals surface area (Å²) in [5, 5.41) is 8.26. The fourth-order valence-corrected chi connectivity index (χ4v) is 1.64. The Bertz CT molecular complexity index is 524. The van der Waals surface area contributed by atoms with Gasteiger partial charge in [-0.25, -0.2) is 0 Å². The number of carboxylic acid groups (broad SMARTS) is 1. The molecule has 0 unspecified atom stereocenters. The number of carboxylic acids is 1. The van der Waals surface area contributed by atoms with Crippen LogP contribution in [0.4, 0.5) is 13.2 Å². The van der Waals surface area contributed by atoms with Crippen LogP contribution in [0, 0.1) is 0 Å². The normalized spacial score (nSPS) is 11.0. The minimum absolute atomic E-state index is 0.0398. The molecule has 0 rings (SSSR count). The zero-order valence-corrected chi connectivity index (χ0v) is 21.7. The van der Waals surface area contributed by atoms with E-state index in [9.17, 15) is 22.8 Å². The molecule has 0 aromatic carbocycles. The number of carbonyl (C=O) groups is 3. The average molecular weight is 539 g/mol. The van der Waals surface area contributed by atoms with E-state index in [4.69, 9.17) is 43.1 Å². The third-order valence-corrected chi connectivity index (χ3v) is 3.07. The molecule has 0 aromatic rings. The molecule has 0 aliphatic heterocycles. The number of aliphatic carboxylic acids is 1. The topological polar surface area (TPSA) is 136 Å². The Morgan fingerprint density at radius 2 is 1.03 bits per heavy atom. The van der Waals surface area contributed by atoms with Crippen molar-refractivity contribution in [1.29, 1.82) is 0 Å². The van der Waals surface area contributed by atoms with Gasteiger partial charge >= 0.3 is 18.1 Å². The van der Waals surface area contributed by atoms with E-state index in [2.05, 4.69) is 0 Å². The van der Waals surface area contributed by atoms with Gasteiger partial charge in [0.05, 0.1) is 78.9 Å². The van der Waals surface area contributed by atoms with Gasteiger partial charge in [-0.05, 0) is 20.8 Å². The Hall–Kier alpha value is -1.84. The summed E-state index contributed by atoms with van der Waals surface area (Å²) < 4.78 is 66.4. The van der Waals surface area contributed by atoms with Crippen molar-refractivity contribution in [2.75, 3.05) is 80.3 Å². The third kappa shape index (κ3) is 45.6. The quantitative estimate of drug-likeness (QED) is 0.156. The fraction of sp³-hybridized carbons (Fsp3) is 0.864. The van der Waals surface area contributed by atoms with Gasteiger partial charge in [-0.3, -0.25) is 14.4 Å². The lowest BCUT2D eigenvalue weighted by Crippen LogP contribution is -2.24. The minimum atomic E-state index is -4.64. The standard InChI is InChI=1S/C12H24O5.C8H16O5.C2HF3O/c1-12(2,3)17-11(13)5-6-15-9-10-16-8-7-14-4;1-11-4-5-13-7-6-12-3-2-8(9)10;3-2(4,5)1-6/h5-10H2,1-4H3;2-7H2,1H3,(H,9,10);1H. The van der Waals surface area contributed by atoms with Crippen LogP contribution in [0.15, 0.2) is 0 Å². The Labute approximate surface area is 210 Å². The second-order valence-electron chi connectivity index (χ2n) is 7.57. The van der Waals surface area contributed by atoms with Crippen molar-refractivity contribution in [3.05, 3.63) is 0 Å². The van der Waals surface area contributed by atoms with E-state index in [-0.39, 0.29) is 25.4 Å². The fourth-order valence-electron chi connectivity index (χ4n) is 1.64. The molecule has 14 heteroatoms. The molecule has 0 fully saturated rings. The molecule has 11 nitrogen and oxygen atoms in total. The summed E-state index contributed by atoms with van der Waals surface area (Å²) in [4.78, 5) is 30.0. The number of halogens is 3. The van der Waals surface area contributed by atoms with Crippen molar-refractivity contribution >= 4 is 18.2 Å².